The Balaban J connectivity index is 0.000000157. The topological polar surface area (TPSA) is 0 Å². The number of hydrogen-bond acceptors (Lipinski definition) is 0. The first-order valence-corrected chi connectivity index (χ1v) is 26.0. The maximum absolute atomic E-state index is 3.14. The molecule has 70 heavy (non-hydrogen) atoms. The largest absolute Gasteiger partial charge is 0.168 e. The Kier molecular flexibility index (Phi) is 24.3. The molecule has 4 aromatic rings. The SMILES string of the molecule is Cl.Cl.[Hf+2]=[C](c1ccccc1)c1ccccc1.[Hf+2]=[C](c1ccccc1)c1ccccc1.[c-]1ccc2cccccc1-2.[c-]1ccc2cccccc1-2.[c-]1ccc2cccccc1-2.[c-]1ccc2cccccc1-2. The van der Waals surface area contributed by atoms with E-state index in [2.05, 4.69) is 218 Å². The molecule has 0 saturated heterocycles. The van der Waals surface area contributed by atoms with Crippen molar-refractivity contribution in [3.05, 3.63) is 338 Å². The van der Waals surface area contributed by atoms with Crippen LogP contribution in [0.4, 0.5) is 0 Å². The molecule has 4 aromatic carbocycles. The molecule has 0 radical (unpaired) electrons. The predicted molar refractivity (Wildman–Crippen MR) is 294 cm³/mol. The van der Waals surface area contributed by atoms with Crippen LogP contribution in [0.1, 0.15) is 22.3 Å². The van der Waals surface area contributed by atoms with Crippen molar-refractivity contribution < 1.29 is 47.8 Å². The average Bonchev–Trinajstić information content (AvgIpc) is 4.14. The van der Waals surface area contributed by atoms with E-state index in [0.717, 1.165) is 47.8 Å². The van der Waals surface area contributed by atoms with Crippen molar-refractivity contribution in [3.63, 3.8) is 0 Å². The van der Waals surface area contributed by atoms with Crippen molar-refractivity contribution in [2.24, 2.45) is 0 Å². The maximum Gasteiger partial charge on any atom is -0.0723 e. The molecule has 0 unspecified atom stereocenters. The first-order chi connectivity index (χ1) is 33.6. The first-order valence-electron chi connectivity index (χ1n) is 22.4. The predicted octanol–water partition coefficient (Wildman–Crippen LogP) is 16.8. The fourth-order valence-corrected chi connectivity index (χ4v) is 9.38. The maximum atomic E-state index is 3.14. The van der Waals surface area contributed by atoms with E-state index in [9.17, 15) is 0 Å². The van der Waals surface area contributed by atoms with Crippen molar-refractivity contribution in [2.75, 3.05) is 0 Å². The van der Waals surface area contributed by atoms with Gasteiger partial charge in [-0.15, -0.1) is 144 Å². The molecule has 0 saturated carbocycles. The van der Waals surface area contributed by atoms with E-state index < -0.39 is 0 Å². The molecule has 8 aliphatic rings. The molecule has 0 N–H and O–H groups in total. The molecule has 0 atom stereocenters. The minimum Gasteiger partial charge on any atom is -0.168 e. The van der Waals surface area contributed by atoms with E-state index in [0.29, 0.717) is 0 Å². The van der Waals surface area contributed by atoms with Crippen molar-refractivity contribution in [1.82, 2.24) is 0 Å². The van der Waals surface area contributed by atoms with Crippen LogP contribution in [-0.4, -0.2) is 6.51 Å². The summed E-state index contributed by atoms with van der Waals surface area (Å²) in [5.74, 6) is 0. The standard InChI is InChI=1S/2C13H10.4C10H7.2ClH.2Hf/c2*1-3-7-12(8-4-1)11-13-9-5-2-6-10-13;4*1-2-5-9-7-4-8-10(9)6-3-1;;;;/h2*1-10H;4*1-7H;2*1H;;/q;;4*-1;;;2*+2. The molecule has 0 heterocycles. The number of benzene rings is 4. The van der Waals surface area contributed by atoms with E-state index in [1.165, 1.54) is 73.3 Å². The van der Waals surface area contributed by atoms with E-state index in [-0.39, 0.29) is 24.8 Å². The van der Waals surface area contributed by atoms with Gasteiger partial charge in [-0.25, -0.2) is 0 Å². The normalized spacial score (nSPS) is 9.66. The zero-order valence-corrected chi connectivity index (χ0v) is 47.3. The van der Waals surface area contributed by atoms with Gasteiger partial charge in [0.25, 0.3) is 0 Å². The number of rotatable bonds is 4. The Morgan fingerprint density at radius 1 is 0.214 bits per heavy atom. The summed E-state index contributed by atoms with van der Waals surface area (Å²) in [4.78, 5) is 0. The summed E-state index contributed by atoms with van der Waals surface area (Å²) in [6, 6.07) is 112. The Bertz CT molecular complexity index is 2620. The first kappa shape index (κ1) is 54.7. The smallest absolute Gasteiger partial charge is 0.0723 e. The van der Waals surface area contributed by atoms with E-state index in [1.54, 1.807) is 0 Å². The molecule has 336 valence electrons. The van der Waals surface area contributed by atoms with Gasteiger partial charge in [0.05, 0.1) is 0 Å². The summed E-state index contributed by atoms with van der Waals surface area (Å²) in [6.45, 7) is 0. The van der Waals surface area contributed by atoms with Crippen molar-refractivity contribution in [1.29, 1.82) is 0 Å². The summed E-state index contributed by atoms with van der Waals surface area (Å²) >= 11 is 2.16. The van der Waals surface area contributed by atoms with Crippen molar-refractivity contribution >= 4 is 31.3 Å². The van der Waals surface area contributed by atoms with Gasteiger partial charge in [-0.2, -0.15) is 70.8 Å². The van der Waals surface area contributed by atoms with Gasteiger partial charge in [0.2, 0.25) is 0 Å². The van der Waals surface area contributed by atoms with Crippen LogP contribution in [0, 0.1) is 24.3 Å². The Hall–Kier alpha value is -6.26. The molecular formula is C66H50Cl2Hf2. The Morgan fingerprint density at radius 3 is 0.586 bits per heavy atom. The zero-order valence-electron chi connectivity index (χ0n) is 38.5. The van der Waals surface area contributed by atoms with E-state index in [1.807, 2.05) is 97.1 Å². The fourth-order valence-electron chi connectivity index (χ4n) is 6.99. The van der Waals surface area contributed by atoms with Crippen LogP contribution < -0.4 is 0 Å². The van der Waals surface area contributed by atoms with Crippen LogP contribution in [0.5, 0.6) is 0 Å². The van der Waals surface area contributed by atoms with Crippen LogP contribution in [0.15, 0.2) is 291 Å². The molecule has 0 aliphatic heterocycles. The second-order valence-corrected chi connectivity index (χ2v) is 18.8. The third-order valence-corrected chi connectivity index (χ3v) is 14.7. The summed E-state index contributed by atoms with van der Waals surface area (Å²) < 4.78 is 2.93. The van der Waals surface area contributed by atoms with Crippen LogP contribution in [0.25, 0.3) is 44.5 Å². The summed E-state index contributed by atoms with van der Waals surface area (Å²) in [5, 5.41) is 0. The van der Waals surface area contributed by atoms with E-state index in [4.69, 9.17) is 0 Å². The quantitative estimate of drug-likeness (QED) is 0.122. The Morgan fingerprint density at radius 2 is 0.386 bits per heavy atom. The minimum atomic E-state index is 0. The molecule has 0 spiro atoms. The van der Waals surface area contributed by atoms with Gasteiger partial charge >= 0.3 is 198 Å². The Labute approximate surface area is 457 Å². The van der Waals surface area contributed by atoms with Gasteiger partial charge in [0.15, 0.2) is 0 Å². The molecule has 4 heteroatoms. The van der Waals surface area contributed by atoms with Gasteiger partial charge in [0, 0.05) is 0 Å². The molecule has 12 rings (SSSR count). The van der Waals surface area contributed by atoms with Crippen LogP contribution in [0.2, 0.25) is 0 Å². The third-order valence-electron chi connectivity index (χ3n) is 10.5. The number of halogens is 2. The molecular weight excluding hydrogens is 1220 g/mol. The van der Waals surface area contributed by atoms with E-state index >= 15 is 0 Å². The molecule has 0 nitrogen and oxygen atoms in total. The molecule has 0 aromatic heterocycles. The van der Waals surface area contributed by atoms with Crippen molar-refractivity contribution in [3.8, 4) is 44.5 Å². The molecule has 0 amide bonds. The summed E-state index contributed by atoms with van der Waals surface area (Å²) in [7, 11) is 0. The second-order valence-electron chi connectivity index (χ2n) is 15.2. The fraction of sp³-hybridized carbons (Fsp3) is 0. The average molecular weight is 1270 g/mol. The van der Waals surface area contributed by atoms with Gasteiger partial charge < -0.3 is 0 Å². The van der Waals surface area contributed by atoms with Crippen LogP contribution in [0.3, 0.4) is 0 Å². The summed E-state index contributed by atoms with van der Waals surface area (Å²) in [6.07, 6.45) is 0. The van der Waals surface area contributed by atoms with Crippen molar-refractivity contribution in [2.45, 2.75) is 0 Å². The third kappa shape index (κ3) is 17.6. The number of hydrogen-bond donors (Lipinski definition) is 0. The van der Waals surface area contributed by atoms with Gasteiger partial charge in [-0.1, -0.05) is 48.5 Å². The monoisotopic (exact) mass is 1270 g/mol. The summed E-state index contributed by atoms with van der Waals surface area (Å²) in [5.41, 5.74) is 15.2. The minimum absolute atomic E-state index is 0. The molecule has 0 bridgehead atoms. The van der Waals surface area contributed by atoms with Gasteiger partial charge in [0.1, 0.15) is 0 Å². The molecule has 8 aliphatic carbocycles. The number of fused-ring (bicyclic) bond motifs is 4. The van der Waals surface area contributed by atoms with Crippen LogP contribution >= 0.6 is 24.8 Å². The van der Waals surface area contributed by atoms with Gasteiger partial charge in [-0.05, 0) is 0 Å². The van der Waals surface area contributed by atoms with Crippen LogP contribution in [-0.2, 0) is 47.8 Å². The van der Waals surface area contributed by atoms with Gasteiger partial charge in [-0.3, -0.25) is 0 Å². The second kappa shape index (κ2) is 31.1. The zero-order chi connectivity index (χ0) is 46.9. The molecule has 0 fully saturated rings.